The van der Waals surface area contributed by atoms with E-state index in [1.165, 1.54) is 6.92 Å². The average molecular weight is 323 g/mol. The summed E-state index contributed by atoms with van der Waals surface area (Å²) in [7, 11) is 3.16. The Hall–Kier alpha value is -3.08. The van der Waals surface area contributed by atoms with E-state index in [0.29, 0.717) is 28.3 Å². The minimum Gasteiger partial charge on any atom is -0.497 e. The zero-order valence-corrected chi connectivity index (χ0v) is 13.7. The lowest BCUT2D eigenvalue weighted by Gasteiger charge is -2.08. The number of carbonyl (C=O) groups excluding carboxylic acids is 2. The number of methoxy groups -OCH3 is 2. The van der Waals surface area contributed by atoms with Crippen LogP contribution in [0.5, 0.6) is 11.5 Å². The van der Waals surface area contributed by atoms with E-state index in [-0.39, 0.29) is 11.7 Å². The Labute approximate surface area is 139 Å². The summed E-state index contributed by atoms with van der Waals surface area (Å²) >= 11 is 0. The Kier molecular flexibility index (Phi) is 4.08. The van der Waals surface area contributed by atoms with Crippen molar-refractivity contribution in [1.82, 2.24) is 0 Å². The minimum atomic E-state index is -0.212. The van der Waals surface area contributed by atoms with Gasteiger partial charge in [0, 0.05) is 28.0 Å². The first-order valence-electron chi connectivity index (χ1n) is 7.44. The van der Waals surface area contributed by atoms with Crippen molar-refractivity contribution in [2.75, 3.05) is 19.5 Å². The van der Waals surface area contributed by atoms with Gasteiger partial charge in [0.05, 0.1) is 14.2 Å². The maximum absolute atomic E-state index is 12.3. The molecular weight excluding hydrogens is 306 g/mol. The zero-order chi connectivity index (χ0) is 17.3. The van der Waals surface area contributed by atoms with Gasteiger partial charge in [0.15, 0.2) is 5.78 Å². The summed E-state index contributed by atoms with van der Waals surface area (Å²) in [6.45, 7) is 1.50. The molecule has 2 aromatic rings. The fourth-order valence-electron chi connectivity index (χ4n) is 2.66. The lowest BCUT2D eigenvalue weighted by Crippen LogP contribution is -2.04. The standard InChI is InChI=1S/C19H17NO4/c1-11(21)12-4-6-15-16(19(22)20-17(15)10-12)9-13-8-14(23-2)5-7-18(13)24-3/h4-10H,1-3H3,(H,20,22). The molecule has 0 spiro atoms. The van der Waals surface area contributed by atoms with Crippen LogP contribution in [0.4, 0.5) is 5.69 Å². The normalized spacial score (nSPS) is 14.3. The molecule has 24 heavy (non-hydrogen) atoms. The molecule has 0 atom stereocenters. The number of carbonyl (C=O) groups is 2. The quantitative estimate of drug-likeness (QED) is 0.692. The highest BCUT2D eigenvalue weighted by atomic mass is 16.5. The van der Waals surface area contributed by atoms with Crippen LogP contribution in [0.15, 0.2) is 36.4 Å². The first kappa shape index (κ1) is 15.8. The molecule has 0 aliphatic carbocycles. The van der Waals surface area contributed by atoms with E-state index in [1.54, 1.807) is 56.7 Å². The lowest BCUT2D eigenvalue weighted by molar-refractivity contribution is -0.110. The summed E-state index contributed by atoms with van der Waals surface area (Å²) in [4.78, 5) is 23.8. The molecule has 2 aromatic carbocycles. The maximum Gasteiger partial charge on any atom is 0.256 e. The molecule has 0 fully saturated rings. The van der Waals surface area contributed by atoms with E-state index in [9.17, 15) is 9.59 Å². The van der Waals surface area contributed by atoms with Crippen molar-refractivity contribution < 1.29 is 19.1 Å². The number of ether oxygens (including phenoxy) is 2. The Morgan fingerprint density at radius 3 is 2.54 bits per heavy atom. The lowest BCUT2D eigenvalue weighted by atomic mass is 10.0. The van der Waals surface area contributed by atoms with Crippen molar-refractivity contribution in [2.45, 2.75) is 6.92 Å². The van der Waals surface area contributed by atoms with E-state index in [1.807, 2.05) is 0 Å². The average Bonchev–Trinajstić information content (AvgIpc) is 2.89. The Balaban J connectivity index is 2.10. The highest BCUT2D eigenvalue weighted by Crippen LogP contribution is 2.36. The van der Waals surface area contributed by atoms with Crippen molar-refractivity contribution in [2.24, 2.45) is 0 Å². The molecule has 0 unspecified atom stereocenters. The van der Waals surface area contributed by atoms with E-state index in [0.717, 1.165) is 11.1 Å². The van der Waals surface area contributed by atoms with E-state index < -0.39 is 0 Å². The Morgan fingerprint density at radius 1 is 1.08 bits per heavy atom. The molecule has 0 aromatic heterocycles. The number of nitrogens with one attached hydrogen (secondary N) is 1. The second-order valence-corrected chi connectivity index (χ2v) is 5.44. The highest BCUT2D eigenvalue weighted by Gasteiger charge is 2.25. The predicted molar refractivity (Wildman–Crippen MR) is 92.5 cm³/mol. The highest BCUT2D eigenvalue weighted by molar-refractivity contribution is 6.35. The molecule has 122 valence electrons. The third kappa shape index (κ3) is 2.76. The number of hydrogen-bond donors (Lipinski definition) is 1. The smallest absolute Gasteiger partial charge is 0.256 e. The molecule has 0 saturated heterocycles. The maximum atomic E-state index is 12.3. The van der Waals surface area contributed by atoms with E-state index >= 15 is 0 Å². The van der Waals surface area contributed by atoms with Gasteiger partial charge in [-0.15, -0.1) is 0 Å². The van der Waals surface area contributed by atoms with Gasteiger partial charge in [0.1, 0.15) is 11.5 Å². The first-order chi connectivity index (χ1) is 11.5. The van der Waals surface area contributed by atoms with Crippen LogP contribution in [0.2, 0.25) is 0 Å². The van der Waals surface area contributed by atoms with Crippen LogP contribution in [0.25, 0.3) is 11.6 Å². The van der Waals surface area contributed by atoms with Crippen LogP contribution in [0.3, 0.4) is 0 Å². The molecule has 1 aliphatic heterocycles. The topological polar surface area (TPSA) is 64.6 Å². The van der Waals surface area contributed by atoms with Crippen LogP contribution in [0.1, 0.15) is 28.4 Å². The van der Waals surface area contributed by atoms with Gasteiger partial charge in [0.2, 0.25) is 0 Å². The number of fused-ring (bicyclic) bond motifs is 1. The molecule has 0 radical (unpaired) electrons. The van der Waals surface area contributed by atoms with Crippen molar-refractivity contribution >= 4 is 29.0 Å². The molecule has 1 N–H and O–H groups in total. The Morgan fingerprint density at radius 2 is 1.88 bits per heavy atom. The van der Waals surface area contributed by atoms with Gasteiger partial charge < -0.3 is 14.8 Å². The molecular formula is C19H17NO4. The fourth-order valence-corrected chi connectivity index (χ4v) is 2.66. The summed E-state index contributed by atoms with van der Waals surface area (Å²) in [6, 6.07) is 10.6. The van der Waals surface area contributed by atoms with Gasteiger partial charge in [-0.3, -0.25) is 9.59 Å². The third-order valence-corrected chi connectivity index (χ3v) is 3.95. The molecule has 5 heteroatoms. The molecule has 0 bridgehead atoms. The summed E-state index contributed by atoms with van der Waals surface area (Å²) in [5, 5.41) is 2.80. The van der Waals surface area contributed by atoms with E-state index in [2.05, 4.69) is 5.32 Å². The van der Waals surface area contributed by atoms with Crippen molar-refractivity contribution in [3.8, 4) is 11.5 Å². The third-order valence-electron chi connectivity index (χ3n) is 3.95. The van der Waals surface area contributed by atoms with Gasteiger partial charge in [-0.25, -0.2) is 0 Å². The molecule has 0 saturated carbocycles. The van der Waals surface area contributed by atoms with Crippen LogP contribution >= 0.6 is 0 Å². The number of hydrogen-bond acceptors (Lipinski definition) is 4. The summed E-state index contributed by atoms with van der Waals surface area (Å²) in [6.07, 6.45) is 1.76. The van der Waals surface area contributed by atoms with Gasteiger partial charge in [-0.1, -0.05) is 12.1 Å². The number of benzene rings is 2. The van der Waals surface area contributed by atoms with Gasteiger partial charge in [-0.05, 0) is 37.3 Å². The summed E-state index contributed by atoms with van der Waals surface area (Å²) in [5.74, 6) is 1.06. The number of anilines is 1. The van der Waals surface area contributed by atoms with Crippen LogP contribution in [-0.4, -0.2) is 25.9 Å². The fraction of sp³-hybridized carbons (Fsp3) is 0.158. The molecule has 1 amide bonds. The number of ketones is 1. The zero-order valence-electron chi connectivity index (χ0n) is 13.7. The van der Waals surface area contributed by atoms with Crippen LogP contribution in [-0.2, 0) is 4.79 Å². The van der Waals surface area contributed by atoms with Gasteiger partial charge in [-0.2, -0.15) is 0 Å². The largest absolute Gasteiger partial charge is 0.497 e. The first-order valence-corrected chi connectivity index (χ1v) is 7.44. The SMILES string of the molecule is COc1ccc(OC)c(C=C2C(=O)Nc3cc(C(C)=O)ccc32)c1. The number of rotatable bonds is 4. The van der Waals surface area contributed by atoms with E-state index in [4.69, 9.17) is 9.47 Å². The summed E-state index contributed by atoms with van der Waals surface area (Å²) < 4.78 is 10.6. The van der Waals surface area contributed by atoms with Crippen molar-refractivity contribution in [3.63, 3.8) is 0 Å². The molecule has 3 rings (SSSR count). The Bertz CT molecular complexity index is 868. The second kappa shape index (κ2) is 6.20. The summed E-state index contributed by atoms with van der Waals surface area (Å²) in [5.41, 5.74) is 3.22. The second-order valence-electron chi connectivity index (χ2n) is 5.44. The van der Waals surface area contributed by atoms with Gasteiger partial charge in [0.25, 0.3) is 5.91 Å². The number of amides is 1. The van der Waals surface area contributed by atoms with Crippen LogP contribution < -0.4 is 14.8 Å². The van der Waals surface area contributed by atoms with Gasteiger partial charge >= 0.3 is 0 Å². The monoisotopic (exact) mass is 323 g/mol. The predicted octanol–water partition coefficient (Wildman–Crippen LogP) is 3.40. The minimum absolute atomic E-state index is 0.0426. The number of Topliss-reactive ketones (excluding diaryl/α,β-unsaturated/α-hetero) is 1. The molecule has 1 aliphatic rings. The van der Waals surface area contributed by atoms with Crippen molar-refractivity contribution in [1.29, 1.82) is 0 Å². The molecule has 1 heterocycles. The van der Waals surface area contributed by atoms with Crippen molar-refractivity contribution in [3.05, 3.63) is 53.1 Å². The van der Waals surface area contributed by atoms with Crippen LogP contribution in [0, 0.1) is 0 Å². The molecule has 5 nitrogen and oxygen atoms in total.